The first-order chi connectivity index (χ1) is 11.9. The zero-order valence-corrected chi connectivity index (χ0v) is 14.1. The Balaban J connectivity index is 1.89. The lowest BCUT2D eigenvalue weighted by Gasteiger charge is -2.24. The van der Waals surface area contributed by atoms with Crippen LogP contribution in [0.4, 0.5) is 11.4 Å². The summed E-state index contributed by atoms with van der Waals surface area (Å²) in [6.45, 7) is 3.17. The smallest absolute Gasteiger partial charge is 0.249 e. The maximum Gasteiger partial charge on any atom is 0.249 e. The number of amides is 3. The van der Waals surface area contributed by atoms with E-state index < -0.39 is 11.9 Å². The van der Waals surface area contributed by atoms with Crippen LogP contribution in [-0.2, 0) is 16.0 Å². The van der Waals surface area contributed by atoms with Crippen molar-refractivity contribution in [1.82, 2.24) is 0 Å². The van der Waals surface area contributed by atoms with E-state index in [0.717, 1.165) is 11.3 Å². The van der Waals surface area contributed by atoms with Gasteiger partial charge in [-0.2, -0.15) is 0 Å². The van der Waals surface area contributed by atoms with Gasteiger partial charge in [0.05, 0.1) is 0 Å². The van der Waals surface area contributed by atoms with Gasteiger partial charge in [-0.05, 0) is 36.2 Å². The van der Waals surface area contributed by atoms with Gasteiger partial charge in [0.15, 0.2) is 0 Å². The fourth-order valence-corrected chi connectivity index (χ4v) is 3.24. The van der Waals surface area contributed by atoms with Crippen LogP contribution in [0.25, 0.3) is 0 Å². The van der Waals surface area contributed by atoms with Crippen LogP contribution in [0.5, 0.6) is 0 Å². The number of nitrogens with one attached hydrogen (secondary N) is 1. The minimum absolute atomic E-state index is 0.187. The number of nitrogens with two attached hydrogens (primary N) is 1. The van der Waals surface area contributed by atoms with E-state index in [-0.39, 0.29) is 11.8 Å². The highest BCUT2D eigenvalue weighted by atomic mass is 16.2. The number of hydrogen-bond acceptors (Lipinski definition) is 3. The molecule has 0 aromatic heterocycles. The van der Waals surface area contributed by atoms with E-state index in [4.69, 9.17) is 5.73 Å². The van der Waals surface area contributed by atoms with Gasteiger partial charge in [0.2, 0.25) is 17.7 Å². The number of benzene rings is 2. The molecule has 1 atom stereocenters. The largest absolute Gasteiger partial charge is 0.366 e. The predicted octanol–water partition coefficient (Wildman–Crippen LogP) is 2.01. The second kappa shape index (κ2) is 6.39. The van der Waals surface area contributed by atoms with E-state index in [1.54, 1.807) is 25.1 Å². The molecule has 128 valence electrons. The minimum Gasteiger partial charge on any atom is -0.366 e. The number of para-hydroxylation sites is 1. The van der Waals surface area contributed by atoms with Crippen molar-refractivity contribution in [3.63, 3.8) is 0 Å². The number of primary amides is 1. The normalized spacial score (nSPS) is 15.6. The predicted molar refractivity (Wildman–Crippen MR) is 95.4 cm³/mol. The van der Waals surface area contributed by atoms with Crippen LogP contribution >= 0.6 is 0 Å². The Hall–Kier alpha value is -3.15. The summed E-state index contributed by atoms with van der Waals surface area (Å²) < 4.78 is 0. The lowest BCUT2D eigenvalue weighted by molar-refractivity contribution is -0.122. The average Bonchev–Trinajstić information content (AvgIpc) is 2.96. The minimum atomic E-state index is -0.619. The Morgan fingerprint density at radius 3 is 2.52 bits per heavy atom. The first kappa shape index (κ1) is 16.7. The van der Waals surface area contributed by atoms with Gasteiger partial charge in [-0.1, -0.05) is 24.3 Å². The van der Waals surface area contributed by atoms with Gasteiger partial charge in [0.25, 0.3) is 0 Å². The maximum absolute atomic E-state index is 12.8. The topological polar surface area (TPSA) is 92.5 Å². The molecule has 0 bridgehead atoms. The summed E-state index contributed by atoms with van der Waals surface area (Å²) >= 11 is 0. The highest BCUT2D eigenvalue weighted by molar-refractivity contribution is 6.07. The van der Waals surface area contributed by atoms with E-state index in [1.807, 2.05) is 24.3 Å². The Bertz CT molecular complexity index is 876. The number of rotatable bonds is 3. The molecule has 6 nitrogen and oxygen atoms in total. The molecule has 0 saturated carbocycles. The highest BCUT2D eigenvalue weighted by Crippen LogP contribution is 2.33. The molecule has 3 N–H and O–H groups in total. The van der Waals surface area contributed by atoms with E-state index in [9.17, 15) is 14.4 Å². The summed E-state index contributed by atoms with van der Waals surface area (Å²) in [5.41, 5.74) is 8.55. The van der Waals surface area contributed by atoms with Crippen molar-refractivity contribution in [3.8, 4) is 0 Å². The molecule has 3 amide bonds. The summed E-state index contributed by atoms with van der Waals surface area (Å²) in [6, 6.07) is 11.8. The van der Waals surface area contributed by atoms with Crippen LogP contribution in [0.3, 0.4) is 0 Å². The fraction of sp³-hybridized carbons (Fsp3) is 0.211. The standard InChI is InChI=1S/C19H19N3O3/c1-11-14(18(20)24)7-5-8-15(11)21-19(25)17-10-13-6-3-4-9-16(13)22(17)12(2)23/h3-9,17H,10H2,1-2H3,(H2,20,24)(H,21,25)/t17-/m0/s1. The third-order valence-electron chi connectivity index (χ3n) is 4.48. The number of carbonyl (C=O) groups is 3. The number of anilines is 2. The molecule has 1 aliphatic rings. The lowest BCUT2D eigenvalue weighted by Crippen LogP contribution is -2.44. The molecular weight excluding hydrogens is 318 g/mol. The summed E-state index contributed by atoms with van der Waals surface area (Å²) in [4.78, 5) is 37.9. The Kier molecular flexibility index (Phi) is 4.27. The molecule has 0 aliphatic carbocycles. The molecule has 1 aliphatic heterocycles. The monoisotopic (exact) mass is 337 g/mol. The number of fused-ring (bicyclic) bond motifs is 1. The number of hydrogen-bond donors (Lipinski definition) is 2. The van der Waals surface area contributed by atoms with E-state index >= 15 is 0 Å². The molecule has 2 aromatic carbocycles. The number of nitrogens with zero attached hydrogens (tertiary/aromatic N) is 1. The Morgan fingerprint density at radius 2 is 1.84 bits per heavy atom. The van der Waals surface area contributed by atoms with Crippen molar-refractivity contribution in [2.45, 2.75) is 26.3 Å². The molecule has 25 heavy (non-hydrogen) atoms. The van der Waals surface area contributed by atoms with Gasteiger partial charge in [0.1, 0.15) is 6.04 Å². The van der Waals surface area contributed by atoms with Crippen LogP contribution in [-0.4, -0.2) is 23.8 Å². The van der Waals surface area contributed by atoms with Gasteiger partial charge in [-0.3, -0.25) is 19.3 Å². The summed E-state index contributed by atoms with van der Waals surface area (Å²) in [7, 11) is 0. The lowest BCUT2D eigenvalue weighted by atomic mass is 10.1. The van der Waals surface area contributed by atoms with Crippen LogP contribution in [0.2, 0.25) is 0 Å². The van der Waals surface area contributed by atoms with Crippen LogP contribution in [0, 0.1) is 6.92 Å². The van der Waals surface area contributed by atoms with Crippen molar-refractivity contribution in [3.05, 3.63) is 59.2 Å². The van der Waals surface area contributed by atoms with Crippen molar-refractivity contribution in [2.24, 2.45) is 5.73 Å². The molecule has 0 fully saturated rings. The first-order valence-corrected chi connectivity index (χ1v) is 7.98. The van der Waals surface area contributed by atoms with E-state index in [2.05, 4.69) is 5.32 Å². The summed E-state index contributed by atoms with van der Waals surface area (Å²) in [5, 5.41) is 2.83. The second-order valence-corrected chi connectivity index (χ2v) is 6.07. The molecule has 0 radical (unpaired) electrons. The van der Waals surface area contributed by atoms with Crippen molar-refractivity contribution < 1.29 is 14.4 Å². The van der Waals surface area contributed by atoms with Gasteiger partial charge >= 0.3 is 0 Å². The second-order valence-electron chi connectivity index (χ2n) is 6.07. The summed E-state index contributed by atoms with van der Waals surface area (Å²) in [5.74, 6) is -1.03. The molecule has 0 unspecified atom stereocenters. The van der Waals surface area contributed by atoms with Crippen molar-refractivity contribution in [2.75, 3.05) is 10.2 Å². The van der Waals surface area contributed by atoms with Gasteiger partial charge in [-0.25, -0.2) is 0 Å². The van der Waals surface area contributed by atoms with Gasteiger partial charge < -0.3 is 11.1 Å². The molecular formula is C19H19N3O3. The van der Waals surface area contributed by atoms with Gasteiger partial charge in [0, 0.05) is 30.3 Å². The van der Waals surface area contributed by atoms with E-state index in [1.165, 1.54) is 11.8 Å². The zero-order chi connectivity index (χ0) is 18.1. The third kappa shape index (κ3) is 2.98. The Morgan fingerprint density at radius 1 is 1.12 bits per heavy atom. The molecule has 3 rings (SSSR count). The molecule has 2 aromatic rings. The molecule has 0 spiro atoms. The molecule has 6 heteroatoms. The molecule has 0 saturated heterocycles. The van der Waals surface area contributed by atoms with Crippen molar-refractivity contribution >= 4 is 29.1 Å². The number of carbonyl (C=O) groups excluding carboxylic acids is 3. The quantitative estimate of drug-likeness (QED) is 0.897. The van der Waals surface area contributed by atoms with Crippen LogP contribution in [0.15, 0.2) is 42.5 Å². The SMILES string of the molecule is CC(=O)N1c2ccccc2C[C@H]1C(=O)Nc1cccc(C(N)=O)c1C. The van der Waals surface area contributed by atoms with Crippen LogP contribution in [0.1, 0.15) is 28.4 Å². The highest BCUT2D eigenvalue weighted by Gasteiger charge is 2.36. The third-order valence-corrected chi connectivity index (χ3v) is 4.48. The molecule has 1 heterocycles. The average molecular weight is 337 g/mol. The Labute approximate surface area is 145 Å². The zero-order valence-electron chi connectivity index (χ0n) is 14.1. The van der Waals surface area contributed by atoms with Gasteiger partial charge in [-0.15, -0.1) is 0 Å². The first-order valence-electron chi connectivity index (χ1n) is 7.98. The fourth-order valence-electron chi connectivity index (χ4n) is 3.24. The maximum atomic E-state index is 12.8. The van der Waals surface area contributed by atoms with E-state index in [0.29, 0.717) is 23.2 Å². The van der Waals surface area contributed by atoms with Crippen LogP contribution < -0.4 is 16.0 Å². The van der Waals surface area contributed by atoms with Crippen molar-refractivity contribution in [1.29, 1.82) is 0 Å². The summed E-state index contributed by atoms with van der Waals surface area (Å²) in [6.07, 6.45) is 0.455.